The molecule has 1 heterocycles. The minimum Gasteiger partial charge on any atom is -0.317 e. The van der Waals surface area contributed by atoms with Crippen molar-refractivity contribution in [3.63, 3.8) is 0 Å². The molecule has 1 aliphatic carbocycles. The first-order valence-electron chi connectivity index (χ1n) is 8.20. The highest BCUT2D eigenvalue weighted by Gasteiger charge is 2.28. The van der Waals surface area contributed by atoms with Crippen LogP contribution in [0.1, 0.15) is 44.2 Å². The van der Waals surface area contributed by atoms with Crippen LogP contribution in [0.3, 0.4) is 0 Å². The van der Waals surface area contributed by atoms with Gasteiger partial charge in [-0.2, -0.15) is 5.10 Å². The highest BCUT2D eigenvalue weighted by molar-refractivity contribution is 5.33. The molecule has 0 spiro atoms. The van der Waals surface area contributed by atoms with Crippen molar-refractivity contribution in [2.24, 2.45) is 5.92 Å². The average Bonchev–Trinajstić information content (AvgIpc) is 3.03. The monoisotopic (exact) mass is 283 g/mol. The third kappa shape index (κ3) is 3.18. The summed E-state index contributed by atoms with van der Waals surface area (Å²) in [6, 6.07) is 12.7. The SMILES string of the molecule is CCNCC1CCCCC1c1ccnn1-c1ccccc1. The smallest absolute Gasteiger partial charge is 0.0648 e. The van der Waals surface area contributed by atoms with E-state index in [0.29, 0.717) is 5.92 Å². The first kappa shape index (κ1) is 14.3. The molecule has 112 valence electrons. The fourth-order valence-corrected chi connectivity index (χ4v) is 3.55. The number of benzene rings is 1. The lowest BCUT2D eigenvalue weighted by Gasteiger charge is -2.32. The van der Waals surface area contributed by atoms with E-state index < -0.39 is 0 Å². The molecule has 1 saturated carbocycles. The standard InChI is InChI=1S/C18H25N3/c1-2-19-14-15-8-6-7-11-17(15)18-12-13-20-21(18)16-9-4-3-5-10-16/h3-5,9-10,12-13,15,17,19H,2,6-8,11,14H2,1H3. The summed E-state index contributed by atoms with van der Waals surface area (Å²) in [5.41, 5.74) is 2.55. The normalized spacial score (nSPS) is 22.3. The van der Waals surface area contributed by atoms with Gasteiger partial charge in [0.05, 0.1) is 5.69 Å². The molecule has 1 aromatic heterocycles. The van der Waals surface area contributed by atoms with Gasteiger partial charge in [0.2, 0.25) is 0 Å². The van der Waals surface area contributed by atoms with E-state index in [1.807, 2.05) is 6.20 Å². The summed E-state index contributed by atoms with van der Waals surface area (Å²) in [4.78, 5) is 0. The van der Waals surface area contributed by atoms with Crippen LogP contribution in [-0.2, 0) is 0 Å². The number of hydrogen-bond acceptors (Lipinski definition) is 2. The molecule has 0 bridgehead atoms. The molecule has 0 amide bonds. The maximum atomic E-state index is 4.57. The molecule has 1 N–H and O–H groups in total. The summed E-state index contributed by atoms with van der Waals surface area (Å²) in [7, 11) is 0. The zero-order chi connectivity index (χ0) is 14.5. The Morgan fingerprint density at radius 3 is 2.76 bits per heavy atom. The van der Waals surface area contributed by atoms with Crippen LogP contribution in [0.5, 0.6) is 0 Å². The quantitative estimate of drug-likeness (QED) is 0.905. The van der Waals surface area contributed by atoms with Crippen molar-refractivity contribution in [2.75, 3.05) is 13.1 Å². The molecule has 0 saturated heterocycles. The van der Waals surface area contributed by atoms with Crippen molar-refractivity contribution in [3.05, 3.63) is 48.3 Å². The van der Waals surface area contributed by atoms with Gasteiger partial charge in [0, 0.05) is 17.8 Å². The van der Waals surface area contributed by atoms with Gasteiger partial charge in [-0.05, 0) is 50.0 Å². The number of para-hydroxylation sites is 1. The highest BCUT2D eigenvalue weighted by atomic mass is 15.3. The third-order valence-electron chi connectivity index (χ3n) is 4.62. The van der Waals surface area contributed by atoms with E-state index in [1.165, 1.54) is 37.1 Å². The van der Waals surface area contributed by atoms with Crippen LogP contribution >= 0.6 is 0 Å². The lowest BCUT2D eigenvalue weighted by Crippen LogP contribution is -2.30. The molecule has 21 heavy (non-hydrogen) atoms. The summed E-state index contributed by atoms with van der Waals surface area (Å²) in [6.07, 6.45) is 7.27. The molecule has 3 heteroatoms. The average molecular weight is 283 g/mol. The molecule has 0 aliphatic heterocycles. The molecular weight excluding hydrogens is 258 g/mol. The lowest BCUT2D eigenvalue weighted by molar-refractivity contribution is 0.290. The van der Waals surface area contributed by atoms with Crippen molar-refractivity contribution in [1.82, 2.24) is 15.1 Å². The predicted octanol–water partition coefficient (Wildman–Crippen LogP) is 3.76. The van der Waals surface area contributed by atoms with Crippen molar-refractivity contribution >= 4 is 0 Å². The van der Waals surface area contributed by atoms with Crippen LogP contribution in [0.2, 0.25) is 0 Å². The topological polar surface area (TPSA) is 29.9 Å². The zero-order valence-electron chi connectivity index (χ0n) is 12.8. The molecule has 2 unspecified atom stereocenters. The van der Waals surface area contributed by atoms with E-state index in [2.05, 4.69) is 58.4 Å². The zero-order valence-corrected chi connectivity index (χ0v) is 12.8. The summed E-state index contributed by atoms with van der Waals surface area (Å²) >= 11 is 0. The minimum absolute atomic E-state index is 0.625. The number of rotatable bonds is 5. The fourth-order valence-electron chi connectivity index (χ4n) is 3.55. The van der Waals surface area contributed by atoms with Gasteiger partial charge in [-0.15, -0.1) is 0 Å². The van der Waals surface area contributed by atoms with Crippen LogP contribution in [0, 0.1) is 5.92 Å². The Morgan fingerprint density at radius 1 is 1.14 bits per heavy atom. The maximum Gasteiger partial charge on any atom is 0.0648 e. The van der Waals surface area contributed by atoms with Gasteiger partial charge in [-0.3, -0.25) is 0 Å². The van der Waals surface area contributed by atoms with E-state index in [1.54, 1.807) is 0 Å². The van der Waals surface area contributed by atoms with Crippen LogP contribution in [-0.4, -0.2) is 22.9 Å². The molecule has 3 nitrogen and oxygen atoms in total. The van der Waals surface area contributed by atoms with Gasteiger partial charge in [-0.1, -0.05) is 38.0 Å². The van der Waals surface area contributed by atoms with Gasteiger partial charge in [-0.25, -0.2) is 4.68 Å². The van der Waals surface area contributed by atoms with Crippen LogP contribution < -0.4 is 5.32 Å². The Labute approximate surface area is 127 Å². The predicted molar refractivity (Wildman–Crippen MR) is 86.8 cm³/mol. The second kappa shape index (κ2) is 6.90. The minimum atomic E-state index is 0.625. The Balaban J connectivity index is 1.87. The fraction of sp³-hybridized carbons (Fsp3) is 0.500. The van der Waals surface area contributed by atoms with Gasteiger partial charge in [0.25, 0.3) is 0 Å². The molecule has 0 radical (unpaired) electrons. The first-order valence-corrected chi connectivity index (χ1v) is 8.20. The van der Waals surface area contributed by atoms with E-state index in [-0.39, 0.29) is 0 Å². The Bertz CT molecular complexity index is 547. The number of hydrogen-bond donors (Lipinski definition) is 1. The third-order valence-corrected chi connectivity index (χ3v) is 4.62. The first-order chi connectivity index (χ1) is 10.4. The van der Waals surface area contributed by atoms with Gasteiger partial charge in [0.15, 0.2) is 0 Å². The molecule has 2 aromatic rings. The van der Waals surface area contributed by atoms with Crippen LogP contribution in [0.25, 0.3) is 5.69 Å². The van der Waals surface area contributed by atoms with Gasteiger partial charge >= 0.3 is 0 Å². The number of nitrogens with one attached hydrogen (secondary N) is 1. The number of aromatic nitrogens is 2. The maximum absolute atomic E-state index is 4.57. The largest absolute Gasteiger partial charge is 0.317 e. The van der Waals surface area contributed by atoms with Gasteiger partial charge < -0.3 is 5.32 Å². The number of nitrogens with zero attached hydrogens (tertiary/aromatic N) is 2. The van der Waals surface area contributed by atoms with Crippen LogP contribution in [0.15, 0.2) is 42.6 Å². The molecule has 1 aliphatic rings. The van der Waals surface area contributed by atoms with Crippen molar-refractivity contribution < 1.29 is 0 Å². The molecule has 2 atom stereocenters. The van der Waals surface area contributed by atoms with E-state index in [9.17, 15) is 0 Å². The second-order valence-electron chi connectivity index (χ2n) is 5.96. The van der Waals surface area contributed by atoms with Gasteiger partial charge in [0.1, 0.15) is 0 Å². The Hall–Kier alpha value is -1.61. The highest BCUT2D eigenvalue weighted by Crippen LogP contribution is 2.38. The summed E-state index contributed by atoms with van der Waals surface area (Å²) < 4.78 is 2.13. The Morgan fingerprint density at radius 2 is 1.95 bits per heavy atom. The van der Waals surface area contributed by atoms with E-state index in [4.69, 9.17) is 0 Å². The van der Waals surface area contributed by atoms with E-state index in [0.717, 1.165) is 19.0 Å². The van der Waals surface area contributed by atoms with Crippen molar-refractivity contribution in [3.8, 4) is 5.69 Å². The van der Waals surface area contributed by atoms with Crippen molar-refractivity contribution in [1.29, 1.82) is 0 Å². The molecule has 1 fully saturated rings. The molecule has 3 rings (SSSR count). The molecular formula is C18H25N3. The summed E-state index contributed by atoms with van der Waals surface area (Å²) in [5.74, 6) is 1.36. The van der Waals surface area contributed by atoms with Crippen molar-refractivity contribution in [2.45, 2.75) is 38.5 Å². The van der Waals surface area contributed by atoms with E-state index >= 15 is 0 Å². The Kier molecular flexibility index (Phi) is 4.71. The second-order valence-corrected chi connectivity index (χ2v) is 5.96. The lowest BCUT2D eigenvalue weighted by atomic mass is 9.77. The van der Waals surface area contributed by atoms with Crippen LogP contribution in [0.4, 0.5) is 0 Å². The summed E-state index contributed by atoms with van der Waals surface area (Å²) in [5, 5.41) is 8.11. The molecule has 1 aromatic carbocycles. The summed E-state index contributed by atoms with van der Waals surface area (Å²) in [6.45, 7) is 4.37.